The predicted molar refractivity (Wildman–Crippen MR) is 243 cm³/mol. The number of hydrogen-bond donors (Lipinski definition) is 5. The summed E-state index contributed by atoms with van der Waals surface area (Å²) in [5.74, 6) is -0.127. The number of alkyl carbamates (subject to hydrolysis) is 1. The molecule has 0 bridgehead atoms. The topological polar surface area (TPSA) is 287 Å². The SMILES string of the molecule is CC.CC.CC.CCC.COc1cc(C(C)OC(=O)NC(CCCN=C(N)N)C(=O)OCCC(C)C)c([N+](=O)[O-])cc1OCCCC=O.NCCOCCOCCOCCN. The van der Waals surface area contributed by atoms with Crippen LogP contribution in [-0.2, 0) is 33.3 Å². The highest BCUT2D eigenvalue weighted by molar-refractivity contribution is 5.81. The van der Waals surface area contributed by atoms with Gasteiger partial charge in [0.25, 0.3) is 5.69 Å². The van der Waals surface area contributed by atoms with Crippen molar-refractivity contribution in [2.45, 2.75) is 127 Å². The summed E-state index contributed by atoms with van der Waals surface area (Å²) in [6, 6.07) is 1.47. The van der Waals surface area contributed by atoms with E-state index in [0.29, 0.717) is 77.9 Å². The third kappa shape index (κ3) is 40.9. The largest absolute Gasteiger partial charge is 0.493 e. The molecule has 9 N–H and O–H groups in total. The van der Waals surface area contributed by atoms with Crippen LogP contribution in [0.1, 0.15) is 126 Å². The summed E-state index contributed by atoms with van der Waals surface area (Å²) in [4.78, 5) is 50.8. The molecule has 0 aliphatic heterocycles. The van der Waals surface area contributed by atoms with Gasteiger partial charge in [-0.2, -0.15) is 0 Å². The number of guanidine groups is 1. The van der Waals surface area contributed by atoms with Crippen LogP contribution in [0.3, 0.4) is 0 Å². The van der Waals surface area contributed by atoms with E-state index in [0.717, 1.165) is 6.29 Å². The molecule has 0 fully saturated rings. The fourth-order valence-electron chi connectivity index (χ4n) is 4.03. The molecule has 0 aliphatic carbocycles. The highest BCUT2D eigenvalue weighted by Crippen LogP contribution is 2.38. The van der Waals surface area contributed by atoms with Gasteiger partial charge >= 0.3 is 12.1 Å². The molecule has 2 atom stereocenters. The summed E-state index contributed by atoms with van der Waals surface area (Å²) in [7, 11) is 1.36. The van der Waals surface area contributed by atoms with Crippen molar-refractivity contribution < 1.29 is 52.5 Å². The van der Waals surface area contributed by atoms with Gasteiger partial charge in [-0.15, -0.1) is 0 Å². The van der Waals surface area contributed by atoms with Gasteiger partial charge < -0.3 is 66.2 Å². The lowest BCUT2D eigenvalue weighted by Gasteiger charge is -2.20. The maximum absolute atomic E-state index is 12.7. The van der Waals surface area contributed by atoms with E-state index < -0.39 is 29.1 Å². The number of unbranched alkanes of at least 4 members (excludes halogenated alkanes) is 1. The van der Waals surface area contributed by atoms with Crippen molar-refractivity contribution in [2.24, 2.45) is 33.8 Å². The van der Waals surface area contributed by atoms with Gasteiger partial charge in [-0.3, -0.25) is 15.1 Å². The van der Waals surface area contributed by atoms with Gasteiger partial charge in [0.05, 0.1) is 76.5 Å². The molecular formula is C42H85N7O12. The highest BCUT2D eigenvalue weighted by atomic mass is 16.6. The zero-order valence-electron chi connectivity index (χ0n) is 39.6. The average Bonchev–Trinajstić information content (AvgIpc) is 3.25. The monoisotopic (exact) mass is 880 g/mol. The minimum Gasteiger partial charge on any atom is -0.493 e. The third-order valence-corrected chi connectivity index (χ3v) is 6.69. The van der Waals surface area contributed by atoms with Gasteiger partial charge in [-0.05, 0) is 44.6 Å². The molecule has 0 heterocycles. The summed E-state index contributed by atoms with van der Waals surface area (Å²) < 4.78 is 36.9. The molecule has 0 aliphatic rings. The van der Waals surface area contributed by atoms with E-state index in [-0.39, 0.29) is 61.3 Å². The Morgan fingerprint density at radius 3 is 1.79 bits per heavy atom. The van der Waals surface area contributed by atoms with Gasteiger partial charge in [-0.1, -0.05) is 75.7 Å². The number of rotatable bonds is 28. The Balaban J connectivity index is -0.000000394. The van der Waals surface area contributed by atoms with Crippen molar-refractivity contribution in [1.29, 1.82) is 0 Å². The van der Waals surface area contributed by atoms with Gasteiger partial charge in [0.1, 0.15) is 18.4 Å². The maximum Gasteiger partial charge on any atom is 0.408 e. The fraction of sp³-hybridized carbons (Fsp3) is 0.762. The molecule has 0 spiro atoms. The molecule has 19 heteroatoms. The highest BCUT2D eigenvalue weighted by Gasteiger charge is 2.28. The summed E-state index contributed by atoms with van der Waals surface area (Å²) in [6.07, 6.45) is 1.82. The van der Waals surface area contributed by atoms with Crippen molar-refractivity contribution in [3.05, 3.63) is 27.8 Å². The molecule has 1 rings (SSSR count). The third-order valence-electron chi connectivity index (χ3n) is 6.69. The first-order chi connectivity index (χ1) is 29.3. The molecule has 0 radical (unpaired) electrons. The first kappa shape index (κ1) is 65.8. The summed E-state index contributed by atoms with van der Waals surface area (Å²) in [6.45, 7) is 26.9. The number of methoxy groups -OCH3 is 1. The van der Waals surface area contributed by atoms with E-state index in [4.69, 9.17) is 56.1 Å². The summed E-state index contributed by atoms with van der Waals surface area (Å²) >= 11 is 0. The molecule has 1 aromatic carbocycles. The van der Waals surface area contributed by atoms with Crippen LogP contribution in [0.5, 0.6) is 11.5 Å². The molecule has 0 saturated heterocycles. The number of nitro benzene ring substituents is 1. The van der Waals surface area contributed by atoms with Crippen molar-refractivity contribution in [3.8, 4) is 11.5 Å². The quantitative estimate of drug-likeness (QED) is 0.0119. The number of amides is 1. The molecular weight excluding hydrogens is 794 g/mol. The van der Waals surface area contributed by atoms with Crippen molar-refractivity contribution in [3.63, 3.8) is 0 Å². The fourth-order valence-corrected chi connectivity index (χ4v) is 4.03. The van der Waals surface area contributed by atoms with Crippen LogP contribution < -0.4 is 37.7 Å². The van der Waals surface area contributed by atoms with E-state index in [1.807, 2.05) is 55.4 Å². The van der Waals surface area contributed by atoms with Gasteiger partial charge in [0.2, 0.25) is 0 Å². The van der Waals surface area contributed by atoms with Gasteiger partial charge in [-0.25, -0.2) is 9.59 Å². The number of nitrogens with one attached hydrogen (secondary N) is 1. The molecule has 19 nitrogen and oxygen atoms in total. The van der Waals surface area contributed by atoms with Gasteiger partial charge in [0, 0.05) is 26.1 Å². The number of carbonyl (C=O) groups is 3. The van der Waals surface area contributed by atoms with Crippen LogP contribution in [0.25, 0.3) is 0 Å². The molecule has 1 aromatic rings. The van der Waals surface area contributed by atoms with E-state index in [9.17, 15) is 24.5 Å². The molecule has 360 valence electrons. The number of nitrogens with two attached hydrogens (primary N) is 4. The van der Waals surface area contributed by atoms with Crippen LogP contribution >= 0.6 is 0 Å². The Bertz CT molecular complexity index is 1200. The number of carbonyl (C=O) groups excluding carboxylic acids is 3. The van der Waals surface area contributed by atoms with Crippen LogP contribution in [0.2, 0.25) is 0 Å². The number of aliphatic imine (C=N–C) groups is 1. The predicted octanol–water partition coefficient (Wildman–Crippen LogP) is 6.21. The van der Waals surface area contributed by atoms with Crippen molar-refractivity contribution in [2.75, 3.05) is 79.6 Å². The Labute approximate surface area is 366 Å². The maximum atomic E-state index is 12.7. The number of hydrogen-bond acceptors (Lipinski definition) is 15. The lowest BCUT2D eigenvalue weighted by atomic mass is 10.1. The Morgan fingerprint density at radius 2 is 1.34 bits per heavy atom. The molecule has 0 aromatic heterocycles. The molecule has 2 unspecified atom stereocenters. The lowest BCUT2D eigenvalue weighted by molar-refractivity contribution is -0.386. The Hall–Kier alpha value is -4.30. The van der Waals surface area contributed by atoms with Gasteiger partial charge in [0.15, 0.2) is 17.5 Å². The zero-order chi connectivity index (χ0) is 47.9. The summed E-state index contributed by atoms with van der Waals surface area (Å²) in [5.41, 5.74) is 20.8. The van der Waals surface area contributed by atoms with E-state index in [2.05, 4.69) is 24.2 Å². The first-order valence-electron chi connectivity index (χ1n) is 21.6. The van der Waals surface area contributed by atoms with E-state index >= 15 is 0 Å². The molecule has 61 heavy (non-hydrogen) atoms. The smallest absolute Gasteiger partial charge is 0.408 e. The normalized spacial score (nSPS) is 10.6. The van der Waals surface area contributed by atoms with Crippen LogP contribution in [-0.4, -0.2) is 115 Å². The Morgan fingerprint density at radius 1 is 0.820 bits per heavy atom. The van der Waals surface area contributed by atoms with Crippen LogP contribution in [0, 0.1) is 16.0 Å². The van der Waals surface area contributed by atoms with Crippen molar-refractivity contribution >= 4 is 30.0 Å². The van der Waals surface area contributed by atoms with Crippen LogP contribution in [0.4, 0.5) is 10.5 Å². The Kier molecular flexibility index (Phi) is 54.0. The molecule has 0 saturated carbocycles. The second-order valence-corrected chi connectivity index (χ2v) is 12.1. The first-order valence-corrected chi connectivity index (χ1v) is 21.6. The number of aldehydes is 1. The zero-order valence-corrected chi connectivity index (χ0v) is 39.6. The minimum absolute atomic E-state index is 0.0519. The van der Waals surface area contributed by atoms with E-state index in [1.165, 1.54) is 32.6 Å². The number of nitrogens with zero attached hydrogens (tertiary/aromatic N) is 2. The number of ether oxygens (including phenoxy) is 7. The lowest BCUT2D eigenvalue weighted by Crippen LogP contribution is -2.42. The molecule has 1 amide bonds. The second-order valence-electron chi connectivity index (χ2n) is 12.1. The van der Waals surface area contributed by atoms with Crippen molar-refractivity contribution in [1.82, 2.24) is 5.32 Å². The number of benzene rings is 1. The van der Waals surface area contributed by atoms with E-state index in [1.54, 1.807) is 0 Å². The number of esters is 1. The second kappa shape index (κ2) is 50.1. The summed E-state index contributed by atoms with van der Waals surface area (Å²) in [5, 5.41) is 14.2. The van der Waals surface area contributed by atoms with Crippen LogP contribution in [0.15, 0.2) is 17.1 Å². The number of nitro groups is 1. The minimum atomic E-state index is -1.09. The average molecular weight is 880 g/mol. The standard InChI is InChI=1S/C25H39N5O9.C8H20N2O3.C3H8.3C2H6/c1-16(2)9-13-38-23(32)19(8-7-10-28-24(26)27)29-25(33)39-17(3)18-14-21(36-4)22(15-20(18)30(34)35)37-12-6-5-11-31;9-1-3-11-5-7-13-8-6-12-4-2-10;1-3-2;3*1-2/h11,14-17,19H,5-10,12-13H2,1-4H3,(H,29,33)(H4,26,27,28);1-10H2;3H2,1-2H3;3*1-2H3.